The van der Waals surface area contributed by atoms with Crippen molar-refractivity contribution < 1.29 is 13.2 Å². The first-order chi connectivity index (χ1) is 15.0. The molecule has 162 valence electrons. The van der Waals surface area contributed by atoms with Gasteiger partial charge in [0.2, 0.25) is 5.95 Å². The van der Waals surface area contributed by atoms with Crippen LogP contribution in [0.1, 0.15) is 18.4 Å². The van der Waals surface area contributed by atoms with Crippen molar-refractivity contribution in [3.05, 3.63) is 42.1 Å². The average Bonchev–Trinajstić information content (AvgIpc) is 3.47. The Balaban J connectivity index is 1.58. The molecular weight excluding hydrogens is 425 g/mol. The van der Waals surface area contributed by atoms with Crippen LogP contribution in [0.25, 0.3) is 21.8 Å². The standard InChI is InChI=1S/C21H21F3N6S/c22-21(23,24)14-3-1-2-13(12-14)17-18(31-20(29-17)30-10-8-25-9-11-30)16-6-7-26-19(28-16)27-15-4-5-15/h1-3,6-7,12,15,25H,4-5,8-11H2,(H,26,27,28). The van der Waals surface area contributed by atoms with Gasteiger partial charge in [-0.15, -0.1) is 0 Å². The third kappa shape index (κ3) is 4.49. The molecule has 10 heteroatoms. The molecule has 0 spiro atoms. The molecule has 1 aliphatic carbocycles. The second-order valence-corrected chi connectivity index (χ2v) is 8.65. The minimum atomic E-state index is -4.41. The smallest absolute Gasteiger partial charge is 0.351 e. The zero-order chi connectivity index (χ0) is 21.4. The molecule has 6 nitrogen and oxygen atoms in total. The van der Waals surface area contributed by atoms with E-state index in [1.807, 2.05) is 0 Å². The number of hydrogen-bond acceptors (Lipinski definition) is 7. The molecular formula is C21H21F3N6S. The van der Waals surface area contributed by atoms with Gasteiger partial charge in [0.25, 0.3) is 0 Å². The molecule has 1 saturated carbocycles. The van der Waals surface area contributed by atoms with Gasteiger partial charge in [0, 0.05) is 44.0 Å². The van der Waals surface area contributed by atoms with Crippen molar-refractivity contribution in [1.29, 1.82) is 0 Å². The Labute approximate surface area is 181 Å². The molecule has 1 saturated heterocycles. The first-order valence-electron chi connectivity index (χ1n) is 10.2. The normalized spacial score (nSPS) is 17.1. The van der Waals surface area contributed by atoms with Crippen molar-refractivity contribution in [3.8, 4) is 21.8 Å². The van der Waals surface area contributed by atoms with Crippen LogP contribution in [0.15, 0.2) is 36.5 Å². The zero-order valence-corrected chi connectivity index (χ0v) is 17.4. The van der Waals surface area contributed by atoms with Crippen LogP contribution in [0.5, 0.6) is 0 Å². The molecule has 1 aliphatic heterocycles. The highest BCUT2D eigenvalue weighted by Crippen LogP contribution is 2.41. The fraction of sp³-hybridized carbons (Fsp3) is 0.381. The topological polar surface area (TPSA) is 66.0 Å². The van der Waals surface area contributed by atoms with Crippen molar-refractivity contribution in [2.24, 2.45) is 0 Å². The number of aromatic nitrogens is 3. The average molecular weight is 447 g/mol. The third-order valence-electron chi connectivity index (χ3n) is 5.27. The number of thiazole rings is 1. The number of halogens is 3. The van der Waals surface area contributed by atoms with Gasteiger partial charge in [-0.1, -0.05) is 23.5 Å². The summed E-state index contributed by atoms with van der Waals surface area (Å²) in [5, 5.41) is 7.38. The molecule has 0 bridgehead atoms. The van der Waals surface area contributed by atoms with Gasteiger partial charge in [-0.3, -0.25) is 0 Å². The summed E-state index contributed by atoms with van der Waals surface area (Å²) in [7, 11) is 0. The van der Waals surface area contributed by atoms with E-state index < -0.39 is 11.7 Å². The maximum atomic E-state index is 13.3. The minimum Gasteiger partial charge on any atom is -0.351 e. The Kier molecular flexibility index (Phi) is 5.27. The van der Waals surface area contributed by atoms with Gasteiger partial charge in [-0.25, -0.2) is 15.0 Å². The second kappa shape index (κ2) is 8.08. The van der Waals surface area contributed by atoms with E-state index in [1.165, 1.54) is 17.4 Å². The largest absolute Gasteiger partial charge is 0.416 e. The van der Waals surface area contributed by atoms with E-state index in [4.69, 9.17) is 4.98 Å². The minimum absolute atomic E-state index is 0.399. The first-order valence-corrected chi connectivity index (χ1v) is 11.0. The van der Waals surface area contributed by atoms with Gasteiger partial charge in [-0.2, -0.15) is 13.2 Å². The Morgan fingerprint density at radius 2 is 1.90 bits per heavy atom. The monoisotopic (exact) mass is 446 g/mol. The quantitative estimate of drug-likeness (QED) is 0.610. The maximum Gasteiger partial charge on any atom is 0.416 e. The fourth-order valence-electron chi connectivity index (χ4n) is 3.48. The Morgan fingerprint density at radius 1 is 1.10 bits per heavy atom. The van der Waals surface area contributed by atoms with Crippen LogP contribution in [-0.4, -0.2) is 47.2 Å². The van der Waals surface area contributed by atoms with Crippen LogP contribution in [0.3, 0.4) is 0 Å². The first kappa shape index (κ1) is 20.2. The van der Waals surface area contributed by atoms with E-state index in [2.05, 4.69) is 25.5 Å². The highest BCUT2D eigenvalue weighted by molar-refractivity contribution is 7.19. The van der Waals surface area contributed by atoms with E-state index in [0.717, 1.165) is 61.2 Å². The number of nitrogens with zero attached hydrogens (tertiary/aromatic N) is 4. The van der Waals surface area contributed by atoms with Crippen LogP contribution < -0.4 is 15.5 Å². The summed E-state index contributed by atoms with van der Waals surface area (Å²) < 4.78 is 40.0. The lowest BCUT2D eigenvalue weighted by molar-refractivity contribution is -0.137. The van der Waals surface area contributed by atoms with Crippen LogP contribution in [0.2, 0.25) is 0 Å². The number of piperazine rings is 1. The second-order valence-electron chi connectivity index (χ2n) is 7.67. The SMILES string of the molecule is FC(F)(F)c1cccc(-c2nc(N3CCNCC3)sc2-c2ccnc(NC3CC3)n2)c1. The van der Waals surface area contributed by atoms with Gasteiger partial charge in [0.15, 0.2) is 5.13 Å². The predicted octanol–water partition coefficient (Wildman–Crippen LogP) is 4.27. The van der Waals surface area contributed by atoms with Crippen LogP contribution >= 0.6 is 11.3 Å². The van der Waals surface area contributed by atoms with Crippen LogP contribution in [0, 0.1) is 0 Å². The number of nitrogens with one attached hydrogen (secondary N) is 2. The molecule has 31 heavy (non-hydrogen) atoms. The molecule has 0 unspecified atom stereocenters. The number of benzene rings is 1. The molecule has 0 radical (unpaired) electrons. The molecule has 2 aromatic heterocycles. The fourth-order valence-corrected chi connectivity index (χ4v) is 4.59. The van der Waals surface area contributed by atoms with Crippen molar-refractivity contribution in [3.63, 3.8) is 0 Å². The van der Waals surface area contributed by atoms with E-state index in [-0.39, 0.29) is 0 Å². The molecule has 5 rings (SSSR count). The Morgan fingerprint density at radius 3 is 2.65 bits per heavy atom. The number of alkyl halides is 3. The van der Waals surface area contributed by atoms with Gasteiger partial charge < -0.3 is 15.5 Å². The summed E-state index contributed by atoms with van der Waals surface area (Å²) in [6.45, 7) is 3.29. The predicted molar refractivity (Wildman–Crippen MR) is 115 cm³/mol. The summed E-state index contributed by atoms with van der Waals surface area (Å²) in [6.07, 6.45) is -0.551. The highest BCUT2D eigenvalue weighted by Gasteiger charge is 2.31. The van der Waals surface area contributed by atoms with Crippen LogP contribution in [-0.2, 0) is 6.18 Å². The molecule has 1 aromatic carbocycles. The lowest BCUT2D eigenvalue weighted by Crippen LogP contribution is -2.43. The lowest BCUT2D eigenvalue weighted by atomic mass is 10.1. The number of hydrogen-bond donors (Lipinski definition) is 2. The third-order valence-corrected chi connectivity index (χ3v) is 6.40. The van der Waals surface area contributed by atoms with E-state index in [9.17, 15) is 13.2 Å². The maximum absolute atomic E-state index is 13.3. The number of rotatable bonds is 5. The Hall–Kier alpha value is -2.72. The van der Waals surface area contributed by atoms with E-state index >= 15 is 0 Å². The summed E-state index contributed by atoms with van der Waals surface area (Å²) in [4.78, 5) is 16.6. The summed E-state index contributed by atoms with van der Waals surface area (Å²) in [6, 6.07) is 7.51. The molecule has 0 atom stereocenters. The molecule has 2 fully saturated rings. The Bertz CT molecular complexity index is 1070. The molecule has 3 heterocycles. The van der Waals surface area contributed by atoms with Crippen molar-refractivity contribution in [2.45, 2.75) is 25.1 Å². The van der Waals surface area contributed by atoms with Gasteiger partial charge >= 0.3 is 6.18 Å². The molecule has 2 N–H and O–H groups in total. The van der Waals surface area contributed by atoms with Crippen LogP contribution in [0.4, 0.5) is 24.3 Å². The highest BCUT2D eigenvalue weighted by atomic mass is 32.1. The molecule has 0 amide bonds. The van der Waals surface area contributed by atoms with E-state index in [0.29, 0.717) is 28.9 Å². The van der Waals surface area contributed by atoms with Crippen molar-refractivity contribution >= 4 is 22.4 Å². The van der Waals surface area contributed by atoms with Crippen molar-refractivity contribution in [1.82, 2.24) is 20.3 Å². The van der Waals surface area contributed by atoms with E-state index in [1.54, 1.807) is 18.3 Å². The summed E-state index contributed by atoms with van der Waals surface area (Å²) in [5.74, 6) is 0.534. The number of anilines is 2. The molecule has 3 aromatic rings. The zero-order valence-electron chi connectivity index (χ0n) is 16.6. The van der Waals surface area contributed by atoms with Gasteiger partial charge in [-0.05, 0) is 31.0 Å². The summed E-state index contributed by atoms with van der Waals surface area (Å²) in [5.41, 5.74) is 0.911. The summed E-state index contributed by atoms with van der Waals surface area (Å²) >= 11 is 1.46. The van der Waals surface area contributed by atoms with Crippen molar-refractivity contribution in [2.75, 3.05) is 36.4 Å². The van der Waals surface area contributed by atoms with Gasteiger partial charge in [0.05, 0.1) is 21.8 Å². The molecule has 2 aliphatic rings. The lowest BCUT2D eigenvalue weighted by Gasteiger charge is -2.26. The van der Waals surface area contributed by atoms with Gasteiger partial charge in [0.1, 0.15) is 0 Å².